The van der Waals surface area contributed by atoms with Gasteiger partial charge in [-0.15, -0.1) is 0 Å². The molecule has 0 fully saturated rings. The summed E-state index contributed by atoms with van der Waals surface area (Å²) in [5, 5.41) is 0. The van der Waals surface area contributed by atoms with Crippen LogP contribution in [-0.4, -0.2) is 4.99 Å². The molecule has 0 rings (SSSR count). The van der Waals surface area contributed by atoms with Gasteiger partial charge in [-0.1, -0.05) is 12.2 Å². The second kappa shape index (κ2) is 4.32. The highest BCUT2D eigenvalue weighted by Crippen LogP contribution is 1.48. The van der Waals surface area contributed by atoms with Crippen molar-refractivity contribution in [3.05, 3.63) is 0 Å². The fraction of sp³-hybridized carbons (Fsp3) is 0.500. The highest BCUT2D eigenvalue weighted by Gasteiger charge is 1.54. The average Bonchev–Trinajstić information content (AvgIpc) is 0.811. The van der Waals surface area contributed by atoms with Crippen LogP contribution in [0.5, 0.6) is 0 Å². The van der Waals surface area contributed by atoms with Crippen LogP contribution in [0.1, 0.15) is 6.92 Å². The van der Waals surface area contributed by atoms with Crippen molar-refractivity contribution in [1.29, 1.82) is 0 Å². The summed E-state index contributed by atoms with van der Waals surface area (Å²) in [5.41, 5.74) is 4.84. The zero-order chi connectivity index (χ0) is 3.58. The van der Waals surface area contributed by atoms with E-state index in [-0.39, 0.29) is 9.90 Å². The molecule has 0 aromatic carbocycles. The first-order valence-electron chi connectivity index (χ1n) is 0.993. The second-order valence-electron chi connectivity index (χ2n) is 0.611. The van der Waals surface area contributed by atoms with Crippen molar-refractivity contribution in [2.45, 2.75) is 6.92 Å². The molecule has 0 amide bonds. The van der Waals surface area contributed by atoms with Crippen molar-refractivity contribution in [1.82, 2.24) is 0 Å². The fourth-order valence-corrected chi connectivity index (χ4v) is 0. The van der Waals surface area contributed by atoms with E-state index < -0.39 is 0 Å². The first-order valence-corrected chi connectivity index (χ1v) is 1.40. The molecule has 1 atom stereocenters. The quantitative estimate of drug-likeness (QED) is 0.359. The van der Waals surface area contributed by atoms with Crippen molar-refractivity contribution in [2.24, 2.45) is 5.73 Å². The summed E-state index contributed by atoms with van der Waals surface area (Å²) in [7, 11) is 0. The van der Waals surface area contributed by atoms with Gasteiger partial charge < -0.3 is 5.73 Å². The van der Waals surface area contributed by atoms with Crippen molar-refractivity contribution < 1.29 is 0 Å². The number of rotatable bonds is 0. The maximum Gasteiger partial charge on any atom is 0.0695 e. The first-order chi connectivity index (χ1) is 1.73. The van der Waals surface area contributed by atoms with Gasteiger partial charge >= 0.3 is 0 Å². The maximum absolute atomic E-state index is 4.84. The molecule has 0 spiro atoms. The van der Waals surface area contributed by atoms with Crippen LogP contribution in [-0.2, 0) is 0 Å². The van der Waals surface area contributed by atoms with E-state index in [1.54, 1.807) is 6.92 Å². The summed E-state index contributed by atoms with van der Waals surface area (Å²) < 4.78 is 0. The summed E-state index contributed by atoms with van der Waals surface area (Å²) in [6, 6.07) is 0. The highest BCUT2D eigenvalue weighted by atomic mass is 32.1. The normalized spacial score (nSPS) is 5.00. The molecule has 2 N–H and O–H groups in total. The number of hydrogen-bond donors (Lipinski definition) is 1. The first kappa shape index (κ1) is 9.01. The predicted octanol–water partition coefficient (Wildman–Crippen LogP) is 0.350. The van der Waals surface area contributed by atoms with Crippen LogP contribution in [0.25, 0.3) is 0 Å². The van der Waals surface area contributed by atoms with Gasteiger partial charge in [-0.05, 0) is 6.92 Å². The van der Waals surface area contributed by atoms with Crippen LogP contribution in [0, 0.1) is 0 Å². The molecule has 5 heavy (non-hydrogen) atoms. The van der Waals surface area contributed by atoms with Crippen LogP contribution in [0.4, 0.5) is 0 Å². The Labute approximate surface area is 40.6 Å². The van der Waals surface area contributed by atoms with Gasteiger partial charge in [0, 0.05) is 0 Å². The Balaban J connectivity index is 0. The molecule has 0 heterocycles. The van der Waals surface area contributed by atoms with Gasteiger partial charge in [0.05, 0.1) is 4.99 Å². The molecule has 1 nitrogen and oxygen atoms in total. The van der Waals surface area contributed by atoms with Gasteiger partial charge in [0.25, 0.3) is 0 Å². The molecule has 1 unspecified atom stereocenters. The van der Waals surface area contributed by atoms with Gasteiger partial charge in [0.1, 0.15) is 0 Å². The van der Waals surface area contributed by atoms with Gasteiger partial charge in [0.15, 0.2) is 0 Å². The smallest absolute Gasteiger partial charge is 0.0695 e. The van der Waals surface area contributed by atoms with E-state index in [0.717, 1.165) is 0 Å². The molecule has 0 bridgehead atoms. The van der Waals surface area contributed by atoms with Crippen LogP contribution < -0.4 is 5.73 Å². The Morgan fingerprint density at radius 3 is 1.80 bits per heavy atom. The molecule has 0 aromatic rings. The molecular formula is C2H8NPS. The van der Waals surface area contributed by atoms with Crippen LogP contribution in [0.2, 0.25) is 0 Å². The number of hydrogen-bond acceptors (Lipinski definition) is 1. The zero-order valence-electron chi connectivity index (χ0n) is 3.19. The third kappa shape index (κ3) is 227. The SMILES string of the molecule is CC(N)=S.P. The monoisotopic (exact) mass is 109 g/mol. The minimum Gasteiger partial charge on any atom is -0.394 e. The lowest BCUT2D eigenvalue weighted by Crippen LogP contribution is -1.98. The van der Waals surface area contributed by atoms with Crippen LogP contribution in [0.3, 0.4) is 0 Å². The van der Waals surface area contributed by atoms with Crippen molar-refractivity contribution in [3.63, 3.8) is 0 Å². The van der Waals surface area contributed by atoms with E-state index in [9.17, 15) is 0 Å². The molecule has 0 aromatic heterocycles. The molecule has 0 saturated carbocycles. The lowest BCUT2D eigenvalue weighted by atomic mass is 10.8. The minimum absolute atomic E-state index is 0. The van der Waals surface area contributed by atoms with Crippen molar-refractivity contribution in [3.8, 4) is 0 Å². The summed E-state index contributed by atoms with van der Waals surface area (Å²) in [4.78, 5) is 0.500. The Hall–Kier alpha value is 0.320. The molecule has 0 radical (unpaired) electrons. The van der Waals surface area contributed by atoms with E-state index >= 15 is 0 Å². The van der Waals surface area contributed by atoms with Gasteiger partial charge in [-0.25, -0.2) is 0 Å². The van der Waals surface area contributed by atoms with Crippen molar-refractivity contribution in [2.75, 3.05) is 0 Å². The molecular weight excluding hydrogens is 101 g/mol. The van der Waals surface area contributed by atoms with Crippen LogP contribution in [0.15, 0.2) is 0 Å². The van der Waals surface area contributed by atoms with Crippen molar-refractivity contribution >= 4 is 27.1 Å². The maximum atomic E-state index is 4.84. The summed E-state index contributed by atoms with van der Waals surface area (Å²) >= 11 is 4.31. The lowest BCUT2D eigenvalue weighted by molar-refractivity contribution is 1.73. The van der Waals surface area contributed by atoms with E-state index in [0.29, 0.717) is 4.99 Å². The van der Waals surface area contributed by atoms with E-state index in [1.807, 2.05) is 0 Å². The molecule has 0 saturated heterocycles. The van der Waals surface area contributed by atoms with E-state index in [4.69, 9.17) is 5.73 Å². The molecule has 0 aliphatic heterocycles. The largest absolute Gasteiger partial charge is 0.394 e. The second-order valence-corrected chi connectivity index (χ2v) is 1.25. The van der Waals surface area contributed by atoms with E-state index in [2.05, 4.69) is 12.2 Å². The molecule has 0 aliphatic carbocycles. The third-order valence-corrected chi connectivity index (χ3v) is 0. The zero-order valence-corrected chi connectivity index (χ0v) is 5.42. The summed E-state index contributed by atoms with van der Waals surface area (Å²) in [6.07, 6.45) is 0. The number of thiocarbonyl (C=S) groups is 1. The third-order valence-electron chi connectivity index (χ3n) is 0. The standard InChI is InChI=1S/C2H5NS.H3P/c1-2(3)4;/h1H3,(H2,3,4);1H3. The number of nitrogens with two attached hydrogens (primary N) is 1. The average molecular weight is 109 g/mol. The molecule has 32 valence electrons. The summed E-state index contributed by atoms with van der Waals surface area (Å²) in [5.74, 6) is 0. The Morgan fingerprint density at radius 2 is 1.80 bits per heavy atom. The van der Waals surface area contributed by atoms with Gasteiger partial charge in [-0.3, -0.25) is 0 Å². The Kier molecular flexibility index (Phi) is 7.78. The van der Waals surface area contributed by atoms with Gasteiger partial charge in [0.2, 0.25) is 0 Å². The topological polar surface area (TPSA) is 26.0 Å². The fourth-order valence-electron chi connectivity index (χ4n) is 0. The van der Waals surface area contributed by atoms with Crippen LogP contribution >= 0.6 is 22.1 Å². The molecule has 3 heteroatoms. The Bertz CT molecular complexity index is 32.6. The molecule has 0 aliphatic rings. The Morgan fingerprint density at radius 1 is 1.80 bits per heavy atom. The van der Waals surface area contributed by atoms with Gasteiger partial charge in [-0.2, -0.15) is 9.90 Å². The van der Waals surface area contributed by atoms with E-state index in [1.165, 1.54) is 0 Å². The minimum atomic E-state index is 0. The predicted molar refractivity (Wildman–Crippen MR) is 33.6 cm³/mol. The lowest BCUT2D eigenvalue weighted by Gasteiger charge is -1.65. The highest BCUT2D eigenvalue weighted by molar-refractivity contribution is 7.80. The summed E-state index contributed by atoms with van der Waals surface area (Å²) in [6.45, 7) is 1.68.